The van der Waals surface area contributed by atoms with Crippen molar-refractivity contribution in [3.05, 3.63) is 33.8 Å². The Morgan fingerprint density at radius 3 is 2.47 bits per heavy atom. The minimum absolute atomic E-state index is 0.137. The maximum Gasteiger partial charge on any atom is 0.323 e. The van der Waals surface area contributed by atoms with Crippen LogP contribution in [0.25, 0.3) is 0 Å². The summed E-state index contributed by atoms with van der Waals surface area (Å²) in [5.41, 5.74) is -0.134. The Kier molecular flexibility index (Phi) is 5.25. The van der Waals surface area contributed by atoms with Crippen molar-refractivity contribution in [2.24, 2.45) is 0 Å². The van der Waals surface area contributed by atoms with Crippen molar-refractivity contribution in [1.29, 1.82) is 0 Å². The molecule has 19 heavy (non-hydrogen) atoms. The molecule has 1 rings (SSSR count). The van der Waals surface area contributed by atoms with Gasteiger partial charge >= 0.3 is 5.97 Å². The van der Waals surface area contributed by atoms with Gasteiger partial charge in [0.1, 0.15) is 5.54 Å². The fraction of sp³-hybridized carbons (Fsp3) is 0.500. The van der Waals surface area contributed by atoms with Crippen molar-refractivity contribution in [2.45, 2.75) is 39.3 Å². The molecule has 0 bridgehead atoms. The predicted molar refractivity (Wildman–Crippen MR) is 79.0 cm³/mol. The molecule has 0 heterocycles. The van der Waals surface area contributed by atoms with Gasteiger partial charge in [-0.05, 0) is 51.1 Å². The van der Waals surface area contributed by atoms with Crippen LogP contribution in [0.3, 0.4) is 0 Å². The lowest BCUT2D eigenvalue weighted by Crippen LogP contribution is -2.51. The number of carboxylic acid groups (broad SMARTS) is 1. The summed E-state index contributed by atoms with van der Waals surface area (Å²) in [5, 5.41) is 10.5. The van der Waals surface area contributed by atoms with Gasteiger partial charge < -0.3 is 5.11 Å². The van der Waals surface area contributed by atoms with E-state index in [1.54, 1.807) is 32.0 Å². The topological polar surface area (TPSA) is 40.5 Å². The number of carboxylic acids is 1. The molecule has 0 saturated heterocycles. The van der Waals surface area contributed by atoms with Gasteiger partial charge in [0.15, 0.2) is 0 Å². The summed E-state index contributed by atoms with van der Waals surface area (Å²) < 4.78 is 0. The van der Waals surface area contributed by atoms with Crippen LogP contribution in [0.15, 0.2) is 18.2 Å². The standard InChI is InChI=1S/C14H19Cl2NO2/c1-5-17(14(3,4)13(18)19)9(2)11-8-10(15)6-7-12(11)16/h6-9H,5H2,1-4H3,(H,18,19). The fourth-order valence-corrected chi connectivity index (χ4v) is 2.73. The molecule has 0 aliphatic rings. The van der Waals surface area contributed by atoms with Gasteiger partial charge in [0.25, 0.3) is 0 Å². The van der Waals surface area contributed by atoms with Crippen LogP contribution in [0, 0.1) is 0 Å². The van der Waals surface area contributed by atoms with E-state index >= 15 is 0 Å². The quantitative estimate of drug-likeness (QED) is 0.884. The molecule has 0 aliphatic carbocycles. The van der Waals surface area contributed by atoms with E-state index < -0.39 is 11.5 Å². The lowest BCUT2D eigenvalue weighted by Gasteiger charge is -2.39. The maximum absolute atomic E-state index is 11.4. The highest BCUT2D eigenvalue weighted by molar-refractivity contribution is 6.33. The molecule has 0 saturated carbocycles. The van der Waals surface area contributed by atoms with Gasteiger partial charge in [-0.1, -0.05) is 30.1 Å². The predicted octanol–water partition coefficient (Wildman–Crippen LogP) is 4.24. The van der Waals surface area contributed by atoms with E-state index in [-0.39, 0.29) is 6.04 Å². The average Bonchev–Trinajstić information content (AvgIpc) is 2.32. The molecule has 0 aromatic heterocycles. The van der Waals surface area contributed by atoms with Crippen LogP contribution >= 0.6 is 23.2 Å². The largest absolute Gasteiger partial charge is 0.480 e. The van der Waals surface area contributed by atoms with Crippen molar-refractivity contribution < 1.29 is 9.90 Å². The van der Waals surface area contributed by atoms with E-state index in [4.69, 9.17) is 23.2 Å². The summed E-state index contributed by atoms with van der Waals surface area (Å²) in [7, 11) is 0. The number of benzene rings is 1. The average molecular weight is 304 g/mol. The lowest BCUT2D eigenvalue weighted by molar-refractivity contribution is -0.150. The van der Waals surface area contributed by atoms with E-state index in [1.165, 1.54) is 0 Å². The van der Waals surface area contributed by atoms with Crippen LogP contribution in [0.4, 0.5) is 0 Å². The van der Waals surface area contributed by atoms with Crippen LogP contribution in [0.5, 0.6) is 0 Å². The fourth-order valence-electron chi connectivity index (χ4n) is 2.28. The summed E-state index contributed by atoms with van der Waals surface area (Å²) in [6.07, 6.45) is 0. The highest BCUT2D eigenvalue weighted by Gasteiger charge is 2.37. The summed E-state index contributed by atoms with van der Waals surface area (Å²) >= 11 is 12.2. The van der Waals surface area contributed by atoms with Crippen molar-refractivity contribution >= 4 is 29.2 Å². The van der Waals surface area contributed by atoms with E-state index in [0.717, 1.165) is 5.56 Å². The zero-order valence-electron chi connectivity index (χ0n) is 11.6. The maximum atomic E-state index is 11.4. The Morgan fingerprint density at radius 2 is 2.00 bits per heavy atom. The third-order valence-electron chi connectivity index (χ3n) is 3.46. The molecule has 1 aromatic rings. The number of aliphatic carboxylic acids is 1. The molecule has 1 N–H and O–H groups in total. The first-order valence-electron chi connectivity index (χ1n) is 6.16. The van der Waals surface area contributed by atoms with Crippen LogP contribution in [-0.4, -0.2) is 28.1 Å². The monoisotopic (exact) mass is 303 g/mol. The third-order valence-corrected chi connectivity index (χ3v) is 4.04. The Labute approximate surface area is 124 Å². The number of nitrogens with zero attached hydrogens (tertiary/aromatic N) is 1. The van der Waals surface area contributed by atoms with Gasteiger partial charge in [-0.25, -0.2) is 0 Å². The van der Waals surface area contributed by atoms with Gasteiger partial charge in [0.05, 0.1) is 0 Å². The van der Waals surface area contributed by atoms with Gasteiger partial charge in [0, 0.05) is 16.1 Å². The Balaban J connectivity index is 3.19. The van der Waals surface area contributed by atoms with Crippen LogP contribution in [0.1, 0.15) is 39.3 Å². The zero-order chi connectivity index (χ0) is 14.8. The first-order valence-corrected chi connectivity index (χ1v) is 6.92. The molecule has 5 heteroatoms. The molecule has 1 atom stereocenters. The van der Waals surface area contributed by atoms with Gasteiger partial charge in [0.2, 0.25) is 0 Å². The molecule has 0 fully saturated rings. The van der Waals surface area contributed by atoms with Gasteiger partial charge in [-0.3, -0.25) is 9.69 Å². The second kappa shape index (κ2) is 6.12. The number of likely N-dealkylation sites (N-methyl/N-ethyl adjacent to an activating group) is 1. The second-order valence-electron chi connectivity index (χ2n) is 4.99. The summed E-state index contributed by atoms with van der Waals surface area (Å²) in [6.45, 7) is 7.84. The molecule has 3 nitrogen and oxygen atoms in total. The molecule has 0 spiro atoms. The highest BCUT2D eigenvalue weighted by atomic mass is 35.5. The van der Waals surface area contributed by atoms with Gasteiger partial charge in [-0.2, -0.15) is 0 Å². The molecule has 0 radical (unpaired) electrons. The minimum atomic E-state index is -0.972. The molecule has 1 aromatic carbocycles. The van der Waals surface area contributed by atoms with Crippen molar-refractivity contribution in [2.75, 3.05) is 6.54 Å². The second-order valence-corrected chi connectivity index (χ2v) is 5.84. The van der Waals surface area contributed by atoms with Crippen molar-refractivity contribution in [3.63, 3.8) is 0 Å². The number of carbonyl (C=O) groups is 1. The Bertz CT molecular complexity index is 475. The molecular formula is C14H19Cl2NO2. The number of hydrogen-bond acceptors (Lipinski definition) is 2. The normalized spacial score (nSPS) is 13.6. The lowest BCUT2D eigenvalue weighted by atomic mass is 9.97. The van der Waals surface area contributed by atoms with E-state index in [2.05, 4.69) is 0 Å². The molecule has 0 aliphatic heterocycles. The third kappa shape index (κ3) is 3.41. The SMILES string of the molecule is CCN(C(C)c1cc(Cl)ccc1Cl)C(C)(C)C(=O)O. The van der Waals surface area contributed by atoms with Crippen LogP contribution < -0.4 is 0 Å². The first kappa shape index (κ1) is 16.3. The molecule has 106 valence electrons. The molecule has 0 amide bonds. The number of rotatable bonds is 5. The summed E-state index contributed by atoms with van der Waals surface area (Å²) in [4.78, 5) is 13.3. The Hall–Kier alpha value is -0.770. The summed E-state index contributed by atoms with van der Waals surface area (Å²) in [6, 6.07) is 5.10. The van der Waals surface area contributed by atoms with E-state index in [0.29, 0.717) is 16.6 Å². The van der Waals surface area contributed by atoms with Gasteiger partial charge in [-0.15, -0.1) is 0 Å². The van der Waals surface area contributed by atoms with E-state index in [1.807, 2.05) is 18.7 Å². The molecule has 1 unspecified atom stereocenters. The van der Waals surface area contributed by atoms with Crippen LogP contribution in [0.2, 0.25) is 10.0 Å². The molecular weight excluding hydrogens is 285 g/mol. The summed E-state index contributed by atoms with van der Waals surface area (Å²) in [5.74, 6) is -0.862. The number of halogens is 2. The minimum Gasteiger partial charge on any atom is -0.480 e. The van der Waals surface area contributed by atoms with E-state index in [9.17, 15) is 9.90 Å². The van der Waals surface area contributed by atoms with Crippen molar-refractivity contribution in [3.8, 4) is 0 Å². The zero-order valence-corrected chi connectivity index (χ0v) is 13.1. The first-order chi connectivity index (χ1) is 8.71. The smallest absolute Gasteiger partial charge is 0.323 e. The van der Waals surface area contributed by atoms with Crippen LogP contribution in [-0.2, 0) is 4.79 Å². The Morgan fingerprint density at radius 1 is 1.42 bits per heavy atom. The highest BCUT2D eigenvalue weighted by Crippen LogP contribution is 2.33. The van der Waals surface area contributed by atoms with Crippen molar-refractivity contribution in [1.82, 2.24) is 4.90 Å². The number of hydrogen-bond donors (Lipinski definition) is 1.